The lowest BCUT2D eigenvalue weighted by Crippen LogP contribution is -2.43. The number of thioether (sulfide) groups is 1. The van der Waals surface area contributed by atoms with E-state index in [1.165, 1.54) is 16.7 Å². The Morgan fingerprint density at radius 2 is 1.85 bits per heavy atom. The fourth-order valence-electron chi connectivity index (χ4n) is 4.15. The van der Waals surface area contributed by atoms with Crippen molar-refractivity contribution in [3.05, 3.63) is 71.1 Å². The summed E-state index contributed by atoms with van der Waals surface area (Å²) in [5.74, 6) is 3.47. The van der Waals surface area contributed by atoms with Gasteiger partial charge < -0.3 is 9.84 Å². The molecule has 0 bridgehead atoms. The van der Waals surface area contributed by atoms with Crippen LogP contribution in [0.5, 0.6) is 0 Å². The van der Waals surface area contributed by atoms with Crippen LogP contribution in [0.1, 0.15) is 41.8 Å². The summed E-state index contributed by atoms with van der Waals surface area (Å²) in [6, 6.07) is 16.8. The SMILES string of the molecule is Cc1ccc(CSCCCNC(=O)C2CCCN(Cc3nc(-c4ccc(C)cc4)no3)C2)cc1. The van der Waals surface area contributed by atoms with Crippen LogP contribution in [0.25, 0.3) is 11.4 Å². The van der Waals surface area contributed by atoms with Gasteiger partial charge in [0.2, 0.25) is 17.6 Å². The summed E-state index contributed by atoms with van der Waals surface area (Å²) in [7, 11) is 0. The van der Waals surface area contributed by atoms with E-state index < -0.39 is 0 Å². The molecule has 2 heterocycles. The Bertz CT molecular complexity index is 1050. The number of aromatic nitrogens is 2. The highest BCUT2D eigenvalue weighted by Gasteiger charge is 2.26. The van der Waals surface area contributed by atoms with E-state index in [2.05, 4.69) is 58.5 Å². The first kappa shape index (κ1) is 24.5. The highest BCUT2D eigenvalue weighted by molar-refractivity contribution is 7.98. The van der Waals surface area contributed by atoms with E-state index in [-0.39, 0.29) is 11.8 Å². The molecule has 2 aromatic carbocycles. The number of amides is 1. The average Bonchev–Trinajstić information content (AvgIpc) is 3.31. The molecule has 1 unspecified atom stereocenters. The Morgan fingerprint density at radius 1 is 1.12 bits per heavy atom. The molecule has 1 fully saturated rings. The Labute approximate surface area is 206 Å². The molecule has 1 aromatic heterocycles. The van der Waals surface area contributed by atoms with Gasteiger partial charge in [0.05, 0.1) is 12.5 Å². The highest BCUT2D eigenvalue weighted by Crippen LogP contribution is 2.21. The zero-order chi connectivity index (χ0) is 23.8. The van der Waals surface area contributed by atoms with Gasteiger partial charge in [-0.15, -0.1) is 0 Å². The molecule has 1 saturated heterocycles. The fraction of sp³-hybridized carbons (Fsp3) is 0.444. The van der Waals surface area contributed by atoms with E-state index in [0.29, 0.717) is 18.3 Å². The first-order chi connectivity index (χ1) is 16.6. The van der Waals surface area contributed by atoms with Gasteiger partial charge in [0.25, 0.3) is 0 Å². The van der Waals surface area contributed by atoms with Crippen molar-refractivity contribution in [3.63, 3.8) is 0 Å². The Kier molecular flexibility index (Phi) is 8.77. The third-order valence-corrected chi connectivity index (χ3v) is 7.28. The molecule has 1 aliphatic heterocycles. The molecule has 0 aliphatic carbocycles. The quantitative estimate of drug-likeness (QED) is 0.413. The molecule has 3 aromatic rings. The molecule has 0 radical (unpaired) electrons. The summed E-state index contributed by atoms with van der Waals surface area (Å²) < 4.78 is 5.48. The van der Waals surface area contributed by atoms with Crippen molar-refractivity contribution in [1.29, 1.82) is 0 Å². The van der Waals surface area contributed by atoms with Crippen LogP contribution in [0.2, 0.25) is 0 Å². The van der Waals surface area contributed by atoms with Crippen molar-refractivity contribution in [1.82, 2.24) is 20.4 Å². The van der Waals surface area contributed by atoms with Gasteiger partial charge in [0.15, 0.2) is 0 Å². The monoisotopic (exact) mass is 478 g/mol. The number of hydrogen-bond donors (Lipinski definition) is 1. The van der Waals surface area contributed by atoms with E-state index in [9.17, 15) is 4.79 Å². The average molecular weight is 479 g/mol. The van der Waals surface area contributed by atoms with Crippen molar-refractivity contribution >= 4 is 17.7 Å². The smallest absolute Gasteiger partial charge is 0.241 e. The summed E-state index contributed by atoms with van der Waals surface area (Å²) in [6.07, 6.45) is 2.93. The van der Waals surface area contributed by atoms with Gasteiger partial charge in [-0.3, -0.25) is 9.69 Å². The lowest BCUT2D eigenvalue weighted by molar-refractivity contribution is -0.126. The lowest BCUT2D eigenvalue weighted by atomic mass is 9.97. The Hall–Kier alpha value is -2.64. The molecule has 1 atom stereocenters. The summed E-state index contributed by atoms with van der Waals surface area (Å²) in [5.41, 5.74) is 4.80. The van der Waals surface area contributed by atoms with E-state index in [1.54, 1.807) is 0 Å². The normalized spacial score (nSPS) is 16.5. The van der Waals surface area contributed by atoms with E-state index in [4.69, 9.17) is 4.52 Å². The number of piperidine rings is 1. The number of hydrogen-bond acceptors (Lipinski definition) is 6. The molecule has 7 heteroatoms. The molecule has 1 N–H and O–H groups in total. The first-order valence-electron chi connectivity index (χ1n) is 12.1. The number of aryl methyl sites for hydroxylation is 2. The zero-order valence-corrected chi connectivity index (χ0v) is 20.9. The predicted octanol–water partition coefficient (Wildman–Crippen LogP) is 5.01. The molecule has 34 heavy (non-hydrogen) atoms. The van der Waals surface area contributed by atoms with Crippen molar-refractivity contribution < 1.29 is 9.32 Å². The number of carbonyl (C=O) groups excluding carboxylic acids is 1. The van der Waals surface area contributed by atoms with Crippen LogP contribution >= 0.6 is 11.8 Å². The van der Waals surface area contributed by atoms with Gasteiger partial charge in [-0.1, -0.05) is 64.8 Å². The molecular weight excluding hydrogens is 444 g/mol. The van der Waals surface area contributed by atoms with Crippen molar-refractivity contribution in [2.45, 2.75) is 45.4 Å². The molecule has 1 amide bonds. The topological polar surface area (TPSA) is 71.3 Å². The van der Waals surface area contributed by atoms with Crippen molar-refractivity contribution in [2.75, 3.05) is 25.4 Å². The Morgan fingerprint density at radius 3 is 2.62 bits per heavy atom. The maximum atomic E-state index is 12.7. The van der Waals surface area contributed by atoms with Crippen molar-refractivity contribution in [3.8, 4) is 11.4 Å². The number of carbonyl (C=O) groups is 1. The van der Waals surface area contributed by atoms with Gasteiger partial charge in [-0.2, -0.15) is 16.7 Å². The molecule has 0 saturated carbocycles. The van der Waals surface area contributed by atoms with Crippen LogP contribution in [-0.2, 0) is 17.1 Å². The van der Waals surface area contributed by atoms with Crippen molar-refractivity contribution in [2.24, 2.45) is 5.92 Å². The predicted molar refractivity (Wildman–Crippen MR) is 137 cm³/mol. The summed E-state index contributed by atoms with van der Waals surface area (Å²) in [5, 5.41) is 7.27. The van der Waals surface area contributed by atoms with Crippen LogP contribution in [-0.4, -0.2) is 46.3 Å². The fourth-order valence-corrected chi connectivity index (χ4v) is 5.07. The summed E-state index contributed by atoms with van der Waals surface area (Å²) >= 11 is 1.92. The number of benzene rings is 2. The van der Waals surface area contributed by atoms with Gasteiger partial charge in [-0.05, 0) is 51.0 Å². The number of nitrogens with one attached hydrogen (secondary N) is 1. The molecular formula is C27H34N4O2S. The molecule has 180 valence electrons. The van der Waals surface area contributed by atoms with Gasteiger partial charge in [0, 0.05) is 24.4 Å². The second kappa shape index (κ2) is 12.2. The van der Waals surface area contributed by atoms with E-state index in [1.807, 2.05) is 36.0 Å². The van der Waals surface area contributed by atoms with Gasteiger partial charge >= 0.3 is 0 Å². The lowest BCUT2D eigenvalue weighted by Gasteiger charge is -2.30. The molecule has 1 aliphatic rings. The molecule has 6 nitrogen and oxygen atoms in total. The second-order valence-electron chi connectivity index (χ2n) is 9.13. The third kappa shape index (κ3) is 7.18. The number of likely N-dealkylation sites (tertiary alicyclic amines) is 1. The van der Waals surface area contributed by atoms with Crippen LogP contribution in [0.4, 0.5) is 0 Å². The first-order valence-corrected chi connectivity index (χ1v) is 13.3. The van der Waals surface area contributed by atoms with Crippen LogP contribution in [0.15, 0.2) is 53.1 Å². The number of nitrogens with zero attached hydrogens (tertiary/aromatic N) is 3. The maximum Gasteiger partial charge on any atom is 0.241 e. The van der Waals surface area contributed by atoms with E-state index >= 15 is 0 Å². The third-order valence-electron chi connectivity index (χ3n) is 6.17. The van der Waals surface area contributed by atoms with Crippen LogP contribution in [0.3, 0.4) is 0 Å². The molecule has 4 rings (SSSR count). The standard InChI is InChI=1S/C27H34N4O2S/c1-20-6-10-22(11-7-20)19-34-16-4-14-28-27(32)24-5-3-15-31(17-24)18-25-29-26(30-33-25)23-12-8-21(2)9-13-23/h6-13,24H,3-5,14-19H2,1-2H3,(H,28,32). The minimum absolute atomic E-state index is 0.0217. The highest BCUT2D eigenvalue weighted by atomic mass is 32.2. The minimum Gasteiger partial charge on any atom is -0.356 e. The summed E-state index contributed by atoms with van der Waals surface area (Å²) in [4.78, 5) is 19.5. The minimum atomic E-state index is 0.0217. The molecule has 0 spiro atoms. The largest absolute Gasteiger partial charge is 0.356 e. The van der Waals surface area contributed by atoms with Gasteiger partial charge in [0.1, 0.15) is 0 Å². The van der Waals surface area contributed by atoms with E-state index in [0.717, 1.165) is 56.0 Å². The maximum absolute atomic E-state index is 12.7. The van der Waals surface area contributed by atoms with Crippen LogP contribution < -0.4 is 5.32 Å². The Balaban J connectivity index is 1.16. The number of rotatable bonds is 10. The van der Waals surface area contributed by atoms with Gasteiger partial charge in [-0.25, -0.2) is 0 Å². The van der Waals surface area contributed by atoms with Crippen LogP contribution in [0, 0.1) is 19.8 Å². The second-order valence-corrected chi connectivity index (χ2v) is 10.2. The zero-order valence-electron chi connectivity index (χ0n) is 20.1. The summed E-state index contributed by atoms with van der Waals surface area (Å²) in [6.45, 7) is 7.16.